The molecule has 82 valence electrons. The minimum absolute atomic E-state index is 0.0283. The molecule has 1 rings (SSSR count). The predicted octanol–water partition coefficient (Wildman–Crippen LogP) is 1.18. The maximum absolute atomic E-state index is 11.8. The van der Waals surface area contributed by atoms with Crippen LogP contribution in [0.15, 0.2) is 0 Å². The van der Waals surface area contributed by atoms with E-state index in [1.54, 1.807) is 7.11 Å². The Bertz CT molecular complexity index is 205. The Morgan fingerprint density at radius 3 is 2.64 bits per heavy atom. The Morgan fingerprint density at radius 1 is 1.57 bits per heavy atom. The summed E-state index contributed by atoms with van der Waals surface area (Å²) in [5.41, 5.74) is 0.0283. The summed E-state index contributed by atoms with van der Waals surface area (Å²) in [7, 11) is 1.60. The van der Waals surface area contributed by atoms with Crippen LogP contribution in [0.3, 0.4) is 0 Å². The van der Waals surface area contributed by atoms with Gasteiger partial charge in [0.1, 0.15) is 0 Å². The Kier molecular flexibility index (Phi) is 3.80. The zero-order valence-electron chi connectivity index (χ0n) is 8.19. The fourth-order valence-electron chi connectivity index (χ4n) is 1.36. The van der Waals surface area contributed by atoms with Crippen molar-refractivity contribution in [3.05, 3.63) is 0 Å². The third kappa shape index (κ3) is 3.21. The zero-order valence-corrected chi connectivity index (χ0v) is 8.19. The molecule has 0 saturated heterocycles. The molecule has 0 aromatic carbocycles. The van der Waals surface area contributed by atoms with Crippen molar-refractivity contribution in [3.8, 4) is 0 Å². The van der Waals surface area contributed by atoms with Gasteiger partial charge in [-0.3, -0.25) is 4.79 Å². The van der Waals surface area contributed by atoms with Crippen molar-refractivity contribution in [1.29, 1.82) is 0 Å². The van der Waals surface area contributed by atoms with Gasteiger partial charge in [-0.1, -0.05) is 0 Å². The summed E-state index contributed by atoms with van der Waals surface area (Å²) >= 11 is 0. The quantitative estimate of drug-likeness (QED) is 0.710. The van der Waals surface area contributed by atoms with Crippen molar-refractivity contribution < 1.29 is 18.3 Å². The summed E-state index contributed by atoms with van der Waals surface area (Å²) in [6.45, 7) is 0.962. The van der Waals surface area contributed by atoms with Crippen LogP contribution in [0.4, 0.5) is 8.78 Å². The summed E-state index contributed by atoms with van der Waals surface area (Å²) in [5, 5.41) is 2.25. The number of nitrogens with one attached hydrogen (secondary N) is 1. The molecule has 1 aliphatic carbocycles. The van der Waals surface area contributed by atoms with E-state index in [2.05, 4.69) is 5.32 Å². The van der Waals surface area contributed by atoms with Gasteiger partial charge < -0.3 is 10.1 Å². The number of amides is 1. The lowest BCUT2D eigenvalue weighted by Gasteiger charge is -2.14. The first-order valence-electron chi connectivity index (χ1n) is 4.64. The van der Waals surface area contributed by atoms with Gasteiger partial charge in [-0.05, 0) is 24.7 Å². The standard InChI is InChI=1S/C9H15F2NO2/c1-14-5-4-9(2-3-9)6-12-8(13)7(10)11/h7H,2-6H2,1H3,(H,12,13). The van der Waals surface area contributed by atoms with Crippen LogP contribution in [0, 0.1) is 5.41 Å². The summed E-state index contributed by atoms with van der Waals surface area (Å²) in [5.74, 6) is -1.17. The summed E-state index contributed by atoms with van der Waals surface area (Å²) in [6, 6.07) is 0. The third-order valence-electron chi connectivity index (χ3n) is 2.63. The number of hydrogen-bond acceptors (Lipinski definition) is 2. The van der Waals surface area contributed by atoms with Gasteiger partial charge in [0.2, 0.25) is 0 Å². The van der Waals surface area contributed by atoms with E-state index < -0.39 is 12.3 Å². The molecule has 1 fully saturated rings. The van der Waals surface area contributed by atoms with Crippen LogP contribution in [0.5, 0.6) is 0 Å². The zero-order chi connectivity index (χ0) is 10.6. The lowest BCUT2D eigenvalue weighted by molar-refractivity contribution is -0.132. The molecule has 0 radical (unpaired) electrons. The second kappa shape index (κ2) is 4.68. The molecule has 0 atom stereocenters. The maximum Gasteiger partial charge on any atom is 0.315 e. The lowest BCUT2D eigenvalue weighted by atomic mass is 10.0. The minimum atomic E-state index is -2.91. The fraction of sp³-hybridized carbons (Fsp3) is 0.889. The second-order valence-electron chi connectivity index (χ2n) is 3.76. The monoisotopic (exact) mass is 207 g/mol. The van der Waals surface area contributed by atoms with E-state index in [1.165, 1.54) is 0 Å². The number of rotatable bonds is 6. The summed E-state index contributed by atoms with van der Waals surface area (Å²) in [4.78, 5) is 10.6. The van der Waals surface area contributed by atoms with E-state index in [4.69, 9.17) is 4.74 Å². The van der Waals surface area contributed by atoms with E-state index in [-0.39, 0.29) is 5.41 Å². The molecule has 0 unspecified atom stereocenters. The first-order chi connectivity index (χ1) is 6.59. The van der Waals surface area contributed by atoms with Gasteiger partial charge in [-0.2, -0.15) is 8.78 Å². The number of carbonyl (C=O) groups is 1. The number of halogens is 2. The third-order valence-corrected chi connectivity index (χ3v) is 2.63. The largest absolute Gasteiger partial charge is 0.385 e. The molecule has 0 aliphatic heterocycles. The van der Waals surface area contributed by atoms with Gasteiger partial charge in [0, 0.05) is 20.3 Å². The highest BCUT2D eigenvalue weighted by Crippen LogP contribution is 2.48. The highest BCUT2D eigenvalue weighted by Gasteiger charge is 2.42. The van der Waals surface area contributed by atoms with Crippen molar-refractivity contribution in [2.75, 3.05) is 20.3 Å². The van der Waals surface area contributed by atoms with Crippen molar-refractivity contribution in [1.82, 2.24) is 5.32 Å². The van der Waals surface area contributed by atoms with Crippen LogP contribution in [-0.4, -0.2) is 32.6 Å². The molecule has 1 N–H and O–H groups in total. The first-order valence-corrected chi connectivity index (χ1v) is 4.64. The topological polar surface area (TPSA) is 38.3 Å². The van der Waals surface area contributed by atoms with E-state index in [0.717, 1.165) is 19.3 Å². The van der Waals surface area contributed by atoms with E-state index in [1.807, 2.05) is 0 Å². The molecule has 1 amide bonds. The van der Waals surface area contributed by atoms with Crippen LogP contribution in [0.1, 0.15) is 19.3 Å². The SMILES string of the molecule is COCCC1(CNC(=O)C(F)F)CC1. The number of methoxy groups -OCH3 is 1. The molecule has 1 saturated carbocycles. The van der Waals surface area contributed by atoms with Gasteiger partial charge in [0.25, 0.3) is 5.91 Å². The van der Waals surface area contributed by atoms with Gasteiger partial charge >= 0.3 is 6.43 Å². The molecule has 1 aliphatic rings. The van der Waals surface area contributed by atoms with Crippen molar-refractivity contribution in [2.45, 2.75) is 25.7 Å². The molecule has 14 heavy (non-hydrogen) atoms. The molecule has 3 nitrogen and oxygen atoms in total. The van der Waals surface area contributed by atoms with Crippen LogP contribution in [-0.2, 0) is 9.53 Å². The highest BCUT2D eigenvalue weighted by atomic mass is 19.3. The average molecular weight is 207 g/mol. The number of carbonyl (C=O) groups excluding carboxylic acids is 1. The summed E-state index contributed by atoms with van der Waals surface area (Å²) in [6.07, 6.45) is -0.111. The van der Waals surface area contributed by atoms with E-state index >= 15 is 0 Å². The molecular weight excluding hydrogens is 192 g/mol. The van der Waals surface area contributed by atoms with Crippen molar-refractivity contribution in [3.63, 3.8) is 0 Å². The second-order valence-corrected chi connectivity index (χ2v) is 3.76. The Morgan fingerprint density at radius 2 is 2.21 bits per heavy atom. The first kappa shape index (κ1) is 11.4. The molecule has 5 heteroatoms. The molecular formula is C9H15F2NO2. The number of ether oxygens (including phenoxy) is 1. The molecule has 0 spiro atoms. The van der Waals surface area contributed by atoms with E-state index in [0.29, 0.717) is 13.2 Å². The molecule has 0 aromatic rings. The van der Waals surface area contributed by atoms with Crippen molar-refractivity contribution in [2.24, 2.45) is 5.41 Å². The minimum Gasteiger partial charge on any atom is -0.385 e. The number of hydrogen-bond donors (Lipinski definition) is 1. The Labute approximate surface area is 81.8 Å². The fourth-order valence-corrected chi connectivity index (χ4v) is 1.36. The predicted molar refractivity (Wildman–Crippen MR) is 47.2 cm³/mol. The van der Waals surface area contributed by atoms with Crippen molar-refractivity contribution >= 4 is 5.91 Å². The normalized spacial score (nSPS) is 18.3. The van der Waals surface area contributed by atoms with Gasteiger partial charge in [-0.25, -0.2) is 0 Å². The molecule has 0 aromatic heterocycles. The Balaban J connectivity index is 2.20. The van der Waals surface area contributed by atoms with E-state index in [9.17, 15) is 13.6 Å². The van der Waals surface area contributed by atoms with Gasteiger partial charge in [0.15, 0.2) is 0 Å². The number of alkyl halides is 2. The molecule has 0 heterocycles. The average Bonchev–Trinajstić information content (AvgIpc) is 2.92. The van der Waals surface area contributed by atoms with Crippen LogP contribution in [0.2, 0.25) is 0 Å². The Hall–Kier alpha value is -0.710. The lowest BCUT2D eigenvalue weighted by Crippen LogP contribution is -2.34. The van der Waals surface area contributed by atoms with Crippen LogP contribution >= 0.6 is 0 Å². The highest BCUT2D eigenvalue weighted by molar-refractivity contribution is 5.79. The van der Waals surface area contributed by atoms with Gasteiger partial charge in [-0.15, -0.1) is 0 Å². The van der Waals surface area contributed by atoms with Crippen LogP contribution in [0.25, 0.3) is 0 Å². The van der Waals surface area contributed by atoms with Gasteiger partial charge in [0.05, 0.1) is 0 Å². The smallest absolute Gasteiger partial charge is 0.315 e. The molecule has 0 bridgehead atoms. The summed E-state index contributed by atoms with van der Waals surface area (Å²) < 4.78 is 28.6. The maximum atomic E-state index is 11.8. The van der Waals surface area contributed by atoms with Crippen LogP contribution < -0.4 is 5.32 Å².